The Labute approximate surface area is 190 Å². The maximum Gasteiger partial charge on any atom is 0.216 e. The number of hydrogen-bond donors (Lipinski definition) is 1. The molecule has 0 spiro atoms. The van der Waals surface area contributed by atoms with Gasteiger partial charge in [0.15, 0.2) is 5.96 Å². The van der Waals surface area contributed by atoms with Crippen molar-refractivity contribution < 1.29 is 13.2 Å². The van der Waals surface area contributed by atoms with Crippen LogP contribution in [0.5, 0.6) is 0 Å². The molecule has 28 heavy (non-hydrogen) atoms. The first-order valence-electron chi connectivity index (χ1n) is 9.11. The van der Waals surface area contributed by atoms with E-state index in [0.29, 0.717) is 37.7 Å². The van der Waals surface area contributed by atoms with Gasteiger partial charge in [-0.3, -0.25) is 4.99 Å². The number of guanidine groups is 1. The summed E-state index contributed by atoms with van der Waals surface area (Å²) in [4.78, 5) is 6.39. The van der Waals surface area contributed by atoms with E-state index in [-0.39, 0.29) is 42.4 Å². The van der Waals surface area contributed by atoms with Crippen molar-refractivity contribution >= 4 is 51.6 Å². The van der Waals surface area contributed by atoms with Crippen LogP contribution in [0.15, 0.2) is 29.3 Å². The molecule has 1 aliphatic heterocycles. The van der Waals surface area contributed by atoms with Crippen molar-refractivity contribution in [1.82, 2.24) is 14.5 Å². The lowest BCUT2D eigenvalue weighted by molar-refractivity contribution is 0.0904. The number of rotatable bonds is 7. The molecule has 0 amide bonds. The first-order chi connectivity index (χ1) is 12.8. The predicted octanol–water partition coefficient (Wildman–Crippen LogP) is 2.41. The largest absolute Gasteiger partial charge is 0.378 e. The summed E-state index contributed by atoms with van der Waals surface area (Å²) >= 11 is 5.91. The third kappa shape index (κ3) is 8.02. The Bertz CT molecular complexity index is 721. The predicted molar refractivity (Wildman–Crippen MR) is 125 cm³/mol. The van der Waals surface area contributed by atoms with Gasteiger partial charge in [0, 0.05) is 44.8 Å². The molecule has 0 bridgehead atoms. The molecule has 1 aromatic carbocycles. The lowest BCUT2D eigenvalue weighted by Crippen LogP contribution is -2.54. The Morgan fingerprint density at radius 3 is 2.36 bits per heavy atom. The normalized spacial score (nSPS) is 16.2. The number of nitrogens with one attached hydrogen (secondary N) is 1. The van der Waals surface area contributed by atoms with Crippen LogP contribution < -0.4 is 5.32 Å². The van der Waals surface area contributed by atoms with Crippen LogP contribution in [0.1, 0.15) is 19.4 Å². The Kier molecular flexibility index (Phi) is 11.0. The summed E-state index contributed by atoms with van der Waals surface area (Å²) < 4.78 is 31.8. The quantitative estimate of drug-likeness (QED) is 0.324. The molecule has 1 N–H and O–H groups in total. The monoisotopic (exact) mass is 544 g/mol. The molecule has 0 unspecified atom stereocenters. The van der Waals surface area contributed by atoms with Crippen LogP contribution in [-0.4, -0.2) is 75.3 Å². The lowest BCUT2D eigenvalue weighted by Gasteiger charge is -2.35. The Morgan fingerprint density at radius 2 is 1.82 bits per heavy atom. The number of hydrogen-bond acceptors (Lipinski definition) is 4. The molecule has 0 saturated carbocycles. The van der Waals surface area contributed by atoms with E-state index in [1.165, 1.54) is 0 Å². The Morgan fingerprint density at radius 1 is 1.21 bits per heavy atom. The molecule has 0 radical (unpaired) electrons. The van der Waals surface area contributed by atoms with E-state index in [0.717, 1.165) is 11.5 Å². The molecule has 1 fully saturated rings. The van der Waals surface area contributed by atoms with Crippen LogP contribution in [0, 0.1) is 0 Å². The fraction of sp³-hybridized carbons (Fsp3) is 0.611. The molecule has 7 nitrogen and oxygen atoms in total. The Balaban J connectivity index is 0.00000392. The van der Waals surface area contributed by atoms with Gasteiger partial charge in [0.2, 0.25) is 10.0 Å². The maximum absolute atomic E-state index is 12.4. The summed E-state index contributed by atoms with van der Waals surface area (Å²) in [5.41, 5.74) is 1.10. The second-order valence-electron chi connectivity index (χ2n) is 6.65. The minimum atomic E-state index is -3.29. The van der Waals surface area contributed by atoms with Crippen LogP contribution in [0.4, 0.5) is 0 Å². The topological polar surface area (TPSA) is 74.2 Å². The molecule has 1 aliphatic rings. The van der Waals surface area contributed by atoms with E-state index in [2.05, 4.69) is 15.2 Å². The molecular weight excluding hydrogens is 515 g/mol. The number of piperazine rings is 1. The Hall–Kier alpha value is -0.620. The van der Waals surface area contributed by atoms with Crippen molar-refractivity contribution in [2.75, 3.05) is 45.6 Å². The fourth-order valence-corrected chi connectivity index (χ4v) is 4.22. The summed E-state index contributed by atoms with van der Waals surface area (Å²) in [5, 5.41) is 4.03. The van der Waals surface area contributed by atoms with Gasteiger partial charge in [-0.1, -0.05) is 23.7 Å². The number of benzene rings is 1. The lowest BCUT2D eigenvalue weighted by atomic mass is 10.2. The SMILES string of the molecule is CN=C(NCc1ccc(Cl)cc1)N1CCN(S(=O)(=O)CCOC(C)C)CC1.I. The standard InChI is InChI=1S/C18H29ClN4O3S.HI/c1-15(2)26-12-13-27(24,25)23-10-8-22(9-11-23)18(20-3)21-14-16-4-6-17(19)7-5-16;/h4-7,15H,8-14H2,1-3H3,(H,20,21);1H. The van der Waals surface area contributed by atoms with Crippen LogP contribution in [0.25, 0.3) is 0 Å². The molecule has 1 aromatic rings. The minimum Gasteiger partial charge on any atom is -0.378 e. The van der Waals surface area contributed by atoms with Crippen LogP contribution in [0.2, 0.25) is 5.02 Å². The molecule has 1 saturated heterocycles. The van der Waals surface area contributed by atoms with Gasteiger partial charge in [-0.05, 0) is 31.5 Å². The molecule has 160 valence electrons. The minimum absolute atomic E-state index is 0. The number of nitrogens with zero attached hydrogens (tertiary/aromatic N) is 3. The van der Waals surface area contributed by atoms with Crippen molar-refractivity contribution in [1.29, 1.82) is 0 Å². The number of ether oxygens (including phenoxy) is 1. The fourth-order valence-electron chi connectivity index (χ4n) is 2.81. The van der Waals surface area contributed by atoms with Gasteiger partial charge in [0.05, 0.1) is 18.5 Å². The first kappa shape index (κ1) is 25.4. The molecule has 2 rings (SSSR count). The van der Waals surface area contributed by atoms with Crippen molar-refractivity contribution in [2.24, 2.45) is 4.99 Å². The molecule has 0 aliphatic carbocycles. The number of aliphatic imine (C=N–C) groups is 1. The molecule has 0 atom stereocenters. The summed E-state index contributed by atoms with van der Waals surface area (Å²) in [7, 11) is -1.55. The van der Waals surface area contributed by atoms with Crippen molar-refractivity contribution in [3.8, 4) is 0 Å². The van der Waals surface area contributed by atoms with Gasteiger partial charge in [-0.25, -0.2) is 8.42 Å². The van der Waals surface area contributed by atoms with E-state index in [1.54, 1.807) is 11.4 Å². The summed E-state index contributed by atoms with van der Waals surface area (Å²) in [5.74, 6) is 0.791. The summed E-state index contributed by atoms with van der Waals surface area (Å²) in [6.45, 7) is 6.76. The smallest absolute Gasteiger partial charge is 0.216 e. The first-order valence-corrected chi connectivity index (χ1v) is 11.1. The van der Waals surface area contributed by atoms with Crippen molar-refractivity contribution in [3.63, 3.8) is 0 Å². The summed E-state index contributed by atoms with van der Waals surface area (Å²) in [6, 6.07) is 7.64. The average molecular weight is 545 g/mol. The van der Waals surface area contributed by atoms with E-state index in [1.807, 2.05) is 38.1 Å². The van der Waals surface area contributed by atoms with Gasteiger partial charge in [0.1, 0.15) is 0 Å². The van der Waals surface area contributed by atoms with Gasteiger partial charge in [-0.2, -0.15) is 4.31 Å². The maximum atomic E-state index is 12.4. The molecule has 10 heteroatoms. The van der Waals surface area contributed by atoms with Gasteiger partial charge in [0.25, 0.3) is 0 Å². The zero-order valence-electron chi connectivity index (χ0n) is 16.6. The van der Waals surface area contributed by atoms with Crippen LogP contribution in [0.3, 0.4) is 0 Å². The highest BCUT2D eigenvalue weighted by atomic mass is 127. The van der Waals surface area contributed by atoms with Gasteiger partial charge in [-0.15, -0.1) is 24.0 Å². The average Bonchev–Trinajstić information content (AvgIpc) is 2.63. The third-order valence-electron chi connectivity index (χ3n) is 4.30. The highest BCUT2D eigenvalue weighted by Gasteiger charge is 2.27. The zero-order valence-corrected chi connectivity index (χ0v) is 20.5. The highest BCUT2D eigenvalue weighted by molar-refractivity contribution is 14.0. The van der Waals surface area contributed by atoms with E-state index >= 15 is 0 Å². The van der Waals surface area contributed by atoms with Crippen LogP contribution >= 0.6 is 35.6 Å². The molecule has 0 aromatic heterocycles. The molecule has 1 heterocycles. The zero-order chi connectivity index (χ0) is 19.9. The van der Waals surface area contributed by atoms with Crippen molar-refractivity contribution in [3.05, 3.63) is 34.9 Å². The second-order valence-corrected chi connectivity index (χ2v) is 9.17. The summed E-state index contributed by atoms with van der Waals surface area (Å²) in [6.07, 6.45) is 0.0343. The highest BCUT2D eigenvalue weighted by Crippen LogP contribution is 2.11. The molecular formula is C18H30ClIN4O3S. The third-order valence-corrected chi connectivity index (χ3v) is 6.39. The van der Waals surface area contributed by atoms with E-state index < -0.39 is 10.0 Å². The van der Waals surface area contributed by atoms with E-state index in [9.17, 15) is 8.42 Å². The van der Waals surface area contributed by atoms with Gasteiger partial charge < -0.3 is 15.0 Å². The number of halogens is 2. The van der Waals surface area contributed by atoms with E-state index in [4.69, 9.17) is 16.3 Å². The van der Waals surface area contributed by atoms with Crippen molar-refractivity contribution in [2.45, 2.75) is 26.5 Å². The second kappa shape index (κ2) is 12.2. The number of sulfonamides is 1. The van der Waals surface area contributed by atoms with Crippen LogP contribution in [-0.2, 0) is 21.3 Å². The van der Waals surface area contributed by atoms with Gasteiger partial charge >= 0.3 is 0 Å².